The third-order valence-corrected chi connectivity index (χ3v) is 6.11. The highest BCUT2D eigenvalue weighted by Crippen LogP contribution is 2.42. The molecule has 2 unspecified atom stereocenters. The summed E-state index contributed by atoms with van der Waals surface area (Å²) in [5, 5.41) is 0. The smallest absolute Gasteiger partial charge is 0.275 e. The largest absolute Gasteiger partial charge is 0.455 e. The Kier molecular flexibility index (Phi) is 7.26. The first-order valence-electron chi connectivity index (χ1n) is 11.2. The molecular weight excluding hydrogens is 416 g/mol. The second-order valence-electron chi connectivity index (χ2n) is 9.18. The Morgan fingerprint density at radius 3 is 2.18 bits per heavy atom. The fourth-order valence-corrected chi connectivity index (χ4v) is 4.24. The maximum Gasteiger partial charge on any atom is 0.275 e. The van der Waals surface area contributed by atoms with Crippen LogP contribution in [0.4, 0.5) is 8.78 Å². The molecule has 3 aromatic carbocycles. The summed E-state index contributed by atoms with van der Waals surface area (Å²) in [4.78, 5) is 0. The molecule has 0 amide bonds. The molecule has 0 radical (unpaired) electrons. The third-order valence-electron chi connectivity index (χ3n) is 6.11. The molecule has 0 heterocycles. The van der Waals surface area contributed by atoms with Gasteiger partial charge in [0.1, 0.15) is 5.75 Å². The van der Waals surface area contributed by atoms with E-state index in [1.807, 2.05) is 32.0 Å². The van der Waals surface area contributed by atoms with Crippen molar-refractivity contribution >= 4 is 0 Å². The highest BCUT2D eigenvalue weighted by atomic mass is 19.2. The van der Waals surface area contributed by atoms with Gasteiger partial charge in [0.2, 0.25) is 0 Å². The highest BCUT2D eigenvalue weighted by Gasteiger charge is 2.37. The van der Waals surface area contributed by atoms with Crippen LogP contribution in [0.5, 0.6) is 5.75 Å². The first-order valence-corrected chi connectivity index (χ1v) is 11.2. The summed E-state index contributed by atoms with van der Waals surface area (Å²) in [6.07, 6.45) is -0.640. The van der Waals surface area contributed by atoms with Gasteiger partial charge in [-0.15, -0.1) is 0 Å². The Hall–Kier alpha value is -3.14. The van der Waals surface area contributed by atoms with Crippen LogP contribution in [-0.2, 0) is 11.8 Å². The quantitative estimate of drug-likeness (QED) is 0.377. The summed E-state index contributed by atoms with van der Waals surface area (Å²) in [5.74, 6) is -2.15. The van der Waals surface area contributed by atoms with Crippen molar-refractivity contribution in [2.24, 2.45) is 5.73 Å². The van der Waals surface area contributed by atoms with Crippen LogP contribution in [-0.4, -0.2) is 12.0 Å². The molecule has 0 bridgehead atoms. The highest BCUT2D eigenvalue weighted by molar-refractivity contribution is 5.48. The van der Waals surface area contributed by atoms with Crippen LogP contribution in [0.15, 0.2) is 85.1 Å². The number of aryl methyl sites for hydroxylation is 2. The minimum absolute atomic E-state index is 0.284. The normalized spacial score (nSPS) is 15.8. The van der Waals surface area contributed by atoms with Gasteiger partial charge in [0.15, 0.2) is 6.17 Å². The maximum atomic E-state index is 14.8. The van der Waals surface area contributed by atoms with E-state index in [2.05, 4.69) is 49.0 Å². The zero-order valence-electron chi connectivity index (χ0n) is 19.9. The van der Waals surface area contributed by atoms with Gasteiger partial charge in [-0.2, -0.15) is 4.39 Å². The molecule has 4 heteroatoms. The molecule has 2 nitrogen and oxygen atoms in total. The van der Waals surface area contributed by atoms with Crippen molar-refractivity contribution < 1.29 is 13.5 Å². The van der Waals surface area contributed by atoms with Crippen LogP contribution < -0.4 is 10.5 Å². The van der Waals surface area contributed by atoms with Crippen molar-refractivity contribution in [1.29, 1.82) is 0 Å². The van der Waals surface area contributed by atoms with Gasteiger partial charge in [-0.05, 0) is 61.6 Å². The number of ether oxygens (including phenoxy) is 1. The molecule has 0 aromatic heterocycles. The van der Waals surface area contributed by atoms with Gasteiger partial charge >= 0.3 is 0 Å². The van der Waals surface area contributed by atoms with E-state index in [4.69, 9.17) is 10.5 Å². The lowest BCUT2D eigenvalue weighted by Gasteiger charge is -2.37. The summed E-state index contributed by atoms with van der Waals surface area (Å²) in [6.45, 7) is 10.2. The fourth-order valence-electron chi connectivity index (χ4n) is 4.24. The summed E-state index contributed by atoms with van der Waals surface area (Å²) in [6, 6.07) is 24.1. The second-order valence-corrected chi connectivity index (χ2v) is 9.18. The Labute approximate surface area is 196 Å². The van der Waals surface area contributed by atoms with Crippen molar-refractivity contribution in [2.45, 2.75) is 58.0 Å². The Morgan fingerprint density at radius 1 is 0.970 bits per heavy atom. The average Bonchev–Trinajstić information content (AvgIpc) is 2.73. The van der Waals surface area contributed by atoms with E-state index < -0.39 is 17.4 Å². The van der Waals surface area contributed by atoms with Crippen LogP contribution in [0.25, 0.3) is 0 Å². The van der Waals surface area contributed by atoms with Crippen LogP contribution in [0, 0.1) is 13.8 Å². The zero-order chi connectivity index (χ0) is 24.2. The standard InChI is InChI=1S/C29H33F2NO/c1-20-11-13-25(14-12-20)29(18-22(3)32,19-24-9-7-6-8-10-24)26-15-21(2)16-27(17-26)33-28(5,31)23(4)30/h6-17,23H,3,18-19,32H2,1-2,4-5H3/t23?,28?,29-/m0/s1. The predicted octanol–water partition coefficient (Wildman–Crippen LogP) is 7.12. The molecule has 0 aliphatic heterocycles. The Morgan fingerprint density at radius 2 is 1.61 bits per heavy atom. The average molecular weight is 450 g/mol. The first kappa shape index (κ1) is 24.5. The van der Waals surface area contributed by atoms with Crippen molar-refractivity contribution in [3.8, 4) is 5.75 Å². The lowest BCUT2D eigenvalue weighted by atomic mass is 9.67. The van der Waals surface area contributed by atoms with Crippen molar-refractivity contribution in [2.75, 3.05) is 0 Å². The lowest BCUT2D eigenvalue weighted by molar-refractivity contribution is -0.0986. The van der Waals surface area contributed by atoms with Gasteiger partial charge in [0.25, 0.3) is 5.85 Å². The zero-order valence-corrected chi connectivity index (χ0v) is 19.9. The van der Waals surface area contributed by atoms with Gasteiger partial charge in [-0.25, -0.2) is 4.39 Å². The van der Waals surface area contributed by atoms with Gasteiger partial charge in [-0.1, -0.05) is 72.8 Å². The van der Waals surface area contributed by atoms with Gasteiger partial charge < -0.3 is 10.5 Å². The van der Waals surface area contributed by atoms with E-state index in [9.17, 15) is 8.78 Å². The van der Waals surface area contributed by atoms with E-state index >= 15 is 0 Å². The number of rotatable bonds is 9. The van der Waals surface area contributed by atoms with Crippen LogP contribution >= 0.6 is 0 Å². The molecular formula is C29H33F2NO. The fraction of sp³-hybridized carbons (Fsp3) is 0.310. The van der Waals surface area contributed by atoms with Gasteiger partial charge in [-0.3, -0.25) is 0 Å². The minimum atomic E-state index is -2.44. The topological polar surface area (TPSA) is 35.2 Å². The molecule has 3 atom stereocenters. The van der Waals surface area contributed by atoms with E-state index in [-0.39, 0.29) is 5.75 Å². The number of halogens is 2. The second kappa shape index (κ2) is 9.78. The van der Waals surface area contributed by atoms with Crippen molar-refractivity contribution in [3.63, 3.8) is 0 Å². The molecule has 3 rings (SSSR count). The van der Waals surface area contributed by atoms with E-state index in [1.165, 1.54) is 0 Å². The summed E-state index contributed by atoms with van der Waals surface area (Å²) in [7, 11) is 0. The monoisotopic (exact) mass is 449 g/mol. The number of allylic oxidation sites excluding steroid dienone is 1. The predicted molar refractivity (Wildman–Crippen MR) is 132 cm³/mol. The molecule has 0 spiro atoms. The van der Waals surface area contributed by atoms with Crippen LogP contribution in [0.2, 0.25) is 0 Å². The van der Waals surface area contributed by atoms with Gasteiger partial charge in [0, 0.05) is 24.5 Å². The van der Waals surface area contributed by atoms with Crippen LogP contribution in [0.3, 0.4) is 0 Å². The number of hydrogen-bond donors (Lipinski definition) is 1. The van der Waals surface area contributed by atoms with Gasteiger partial charge in [0.05, 0.1) is 0 Å². The Bertz CT molecular complexity index is 1090. The molecule has 0 fully saturated rings. The molecule has 0 aliphatic carbocycles. The molecule has 3 aromatic rings. The molecule has 0 saturated heterocycles. The molecule has 2 N–H and O–H groups in total. The molecule has 33 heavy (non-hydrogen) atoms. The van der Waals surface area contributed by atoms with E-state index in [0.29, 0.717) is 18.5 Å². The summed E-state index contributed by atoms with van der Waals surface area (Å²) < 4.78 is 34.1. The summed E-state index contributed by atoms with van der Waals surface area (Å²) in [5.41, 5.74) is 11.4. The van der Waals surface area contributed by atoms with E-state index in [0.717, 1.165) is 41.7 Å². The van der Waals surface area contributed by atoms with Crippen molar-refractivity contribution in [1.82, 2.24) is 0 Å². The summed E-state index contributed by atoms with van der Waals surface area (Å²) >= 11 is 0. The maximum absolute atomic E-state index is 14.8. The van der Waals surface area contributed by atoms with E-state index in [1.54, 1.807) is 12.1 Å². The number of alkyl halides is 2. The third kappa shape index (κ3) is 5.81. The Balaban J connectivity index is 2.23. The van der Waals surface area contributed by atoms with Crippen molar-refractivity contribution in [3.05, 3.63) is 113 Å². The first-order chi connectivity index (χ1) is 15.5. The SMILES string of the molecule is C=C(N)C[C@](Cc1ccccc1)(c1ccc(C)cc1)c1cc(C)cc(OC(C)(F)C(C)F)c1. The number of nitrogens with two attached hydrogens (primary N) is 1. The lowest BCUT2D eigenvalue weighted by Crippen LogP contribution is -2.36. The number of hydrogen-bond acceptors (Lipinski definition) is 2. The van der Waals surface area contributed by atoms with Crippen LogP contribution in [0.1, 0.15) is 48.1 Å². The minimum Gasteiger partial charge on any atom is -0.455 e. The molecule has 0 saturated carbocycles. The number of benzene rings is 3. The molecule has 174 valence electrons. The molecule has 0 aliphatic rings.